The highest BCUT2D eigenvalue weighted by Gasteiger charge is 2.27. The van der Waals surface area contributed by atoms with Crippen LogP contribution < -0.4 is 4.72 Å². The number of rotatable bonds is 5. The quantitative estimate of drug-likeness (QED) is 0.821. The van der Waals surface area contributed by atoms with Gasteiger partial charge in [-0.2, -0.15) is 5.10 Å². The Kier molecular flexibility index (Phi) is 4.28. The minimum atomic E-state index is -3.92. The molecule has 0 aromatic carbocycles. The van der Waals surface area contributed by atoms with Gasteiger partial charge in [-0.3, -0.25) is 9.40 Å². The molecule has 2 rings (SSSR count). The van der Waals surface area contributed by atoms with Crippen molar-refractivity contribution in [1.29, 1.82) is 0 Å². The molecular weight excluding hydrogens is 316 g/mol. The summed E-state index contributed by atoms with van der Waals surface area (Å²) < 4.78 is 33.1. The van der Waals surface area contributed by atoms with Crippen LogP contribution in [0.25, 0.3) is 0 Å². The third-order valence-corrected chi connectivity index (χ3v) is 5.38. The topological polar surface area (TPSA) is 103 Å². The third-order valence-electron chi connectivity index (χ3n) is 2.64. The van der Waals surface area contributed by atoms with E-state index in [1.165, 1.54) is 17.3 Å². The van der Waals surface area contributed by atoms with Crippen molar-refractivity contribution < 1.29 is 17.9 Å². The molecular formula is C11H14N4O4S2. The van der Waals surface area contributed by atoms with Gasteiger partial charge in [-0.15, -0.1) is 11.3 Å². The SMILES string of the molecule is CCc1nn(C)cc1NS(=O)(=O)c1scnc1C(=O)OC. The number of anilines is 1. The summed E-state index contributed by atoms with van der Waals surface area (Å²) >= 11 is 0.850. The number of hydrogen-bond acceptors (Lipinski definition) is 7. The van der Waals surface area contributed by atoms with Crippen molar-refractivity contribution in [2.45, 2.75) is 17.6 Å². The summed E-state index contributed by atoms with van der Waals surface area (Å²) in [5.41, 5.74) is 2.05. The summed E-state index contributed by atoms with van der Waals surface area (Å²) in [5, 5.41) is 4.15. The minimum absolute atomic E-state index is 0.180. The standard InChI is InChI=1S/C11H14N4O4S2/c1-4-7-8(5-15(2)13-7)14-21(17,18)11-9(10(16)19-3)12-6-20-11/h5-6,14H,4H2,1-3H3. The number of methoxy groups -OCH3 is 1. The third kappa shape index (κ3) is 3.05. The van der Waals surface area contributed by atoms with Crippen molar-refractivity contribution in [1.82, 2.24) is 14.8 Å². The van der Waals surface area contributed by atoms with Crippen LogP contribution in [-0.4, -0.2) is 36.3 Å². The van der Waals surface area contributed by atoms with Crippen LogP contribution in [-0.2, 0) is 28.2 Å². The largest absolute Gasteiger partial charge is 0.464 e. The summed E-state index contributed by atoms with van der Waals surface area (Å²) in [7, 11) is -1.06. The monoisotopic (exact) mass is 330 g/mol. The molecule has 0 amide bonds. The highest BCUT2D eigenvalue weighted by molar-refractivity contribution is 7.94. The van der Waals surface area contributed by atoms with Gasteiger partial charge in [0.1, 0.15) is 0 Å². The Morgan fingerprint density at radius 2 is 2.24 bits per heavy atom. The van der Waals surface area contributed by atoms with Crippen LogP contribution in [0, 0.1) is 0 Å². The summed E-state index contributed by atoms with van der Waals surface area (Å²) in [4.78, 5) is 15.3. The predicted molar refractivity (Wildman–Crippen MR) is 76.8 cm³/mol. The highest BCUT2D eigenvalue weighted by Crippen LogP contribution is 2.25. The lowest BCUT2D eigenvalue weighted by Crippen LogP contribution is -2.16. The number of carbonyl (C=O) groups is 1. The molecule has 0 bridgehead atoms. The zero-order valence-electron chi connectivity index (χ0n) is 11.7. The van der Waals surface area contributed by atoms with Crippen LogP contribution in [0.2, 0.25) is 0 Å². The van der Waals surface area contributed by atoms with E-state index >= 15 is 0 Å². The van der Waals surface area contributed by atoms with E-state index in [2.05, 4.69) is 19.5 Å². The Morgan fingerprint density at radius 1 is 1.52 bits per heavy atom. The average Bonchev–Trinajstić information content (AvgIpc) is 3.04. The number of aromatic nitrogens is 3. The summed E-state index contributed by atoms with van der Waals surface area (Å²) in [6.45, 7) is 1.87. The molecule has 0 aliphatic heterocycles. The van der Waals surface area contributed by atoms with Gasteiger partial charge in [0, 0.05) is 13.2 Å². The van der Waals surface area contributed by atoms with E-state index in [1.54, 1.807) is 13.2 Å². The molecule has 0 saturated heterocycles. The first-order chi connectivity index (χ1) is 9.89. The zero-order chi connectivity index (χ0) is 15.6. The van der Waals surface area contributed by atoms with Crippen LogP contribution in [0.5, 0.6) is 0 Å². The number of aryl methyl sites for hydroxylation is 2. The smallest absolute Gasteiger partial charge is 0.358 e. The molecule has 0 aliphatic rings. The maximum atomic E-state index is 12.4. The van der Waals surface area contributed by atoms with E-state index in [9.17, 15) is 13.2 Å². The van der Waals surface area contributed by atoms with E-state index in [1.807, 2.05) is 6.92 Å². The summed E-state index contributed by atoms with van der Waals surface area (Å²) in [5.74, 6) is -0.793. The van der Waals surface area contributed by atoms with Gasteiger partial charge in [0.15, 0.2) is 9.90 Å². The normalized spacial score (nSPS) is 11.4. The van der Waals surface area contributed by atoms with Gasteiger partial charge in [0.2, 0.25) is 0 Å². The van der Waals surface area contributed by atoms with E-state index in [-0.39, 0.29) is 9.90 Å². The molecule has 0 fully saturated rings. The lowest BCUT2D eigenvalue weighted by atomic mass is 10.3. The number of hydrogen-bond donors (Lipinski definition) is 1. The number of ether oxygens (including phenoxy) is 1. The van der Waals surface area contributed by atoms with Gasteiger partial charge in [-0.05, 0) is 6.42 Å². The van der Waals surface area contributed by atoms with Crippen molar-refractivity contribution in [3.63, 3.8) is 0 Å². The number of nitrogens with one attached hydrogen (secondary N) is 1. The fraction of sp³-hybridized carbons (Fsp3) is 0.364. The molecule has 0 spiro atoms. The Morgan fingerprint density at radius 3 is 2.86 bits per heavy atom. The van der Waals surface area contributed by atoms with Crippen molar-refractivity contribution >= 4 is 33.0 Å². The molecule has 10 heteroatoms. The fourth-order valence-electron chi connectivity index (χ4n) is 1.73. The first kappa shape index (κ1) is 15.4. The van der Waals surface area contributed by atoms with E-state index in [0.29, 0.717) is 17.8 Å². The number of carbonyl (C=O) groups excluding carboxylic acids is 1. The second-order valence-electron chi connectivity index (χ2n) is 4.10. The van der Waals surface area contributed by atoms with Crippen molar-refractivity contribution in [3.8, 4) is 0 Å². The van der Waals surface area contributed by atoms with Crippen molar-refractivity contribution in [2.75, 3.05) is 11.8 Å². The minimum Gasteiger partial charge on any atom is -0.464 e. The predicted octanol–water partition coefficient (Wildman–Crippen LogP) is 1.03. The first-order valence-corrected chi connectivity index (χ1v) is 8.32. The maximum absolute atomic E-state index is 12.4. The second kappa shape index (κ2) is 5.82. The van der Waals surface area contributed by atoms with Gasteiger partial charge >= 0.3 is 5.97 Å². The van der Waals surface area contributed by atoms with Crippen LogP contribution in [0.3, 0.4) is 0 Å². The van der Waals surface area contributed by atoms with E-state index in [0.717, 1.165) is 11.3 Å². The van der Waals surface area contributed by atoms with Gasteiger partial charge in [-0.1, -0.05) is 6.92 Å². The fourth-order valence-corrected chi connectivity index (χ4v) is 3.94. The molecule has 2 heterocycles. The van der Waals surface area contributed by atoms with Gasteiger partial charge in [-0.25, -0.2) is 18.2 Å². The average molecular weight is 330 g/mol. The molecule has 0 atom stereocenters. The number of nitrogens with zero attached hydrogens (tertiary/aromatic N) is 3. The summed E-state index contributed by atoms with van der Waals surface area (Å²) in [6, 6.07) is 0. The zero-order valence-corrected chi connectivity index (χ0v) is 13.3. The number of esters is 1. The van der Waals surface area contributed by atoms with Crippen LogP contribution in [0.15, 0.2) is 15.9 Å². The Bertz CT molecular complexity index is 763. The Hall–Kier alpha value is -1.94. The number of thiazole rings is 1. The first-order valence-electron chi connectivity index (χ1n) is 5.96. The van der Waals surface area contributed by atoms with Crippen LogP contribution in [0.4, 0.5) is 5.69 Å². The molecule has 0 radical (unpaired) electrons. The molecule has 2 aromatic heterocycles. The number of sulfonamides is 1. The highest BCUT2D eigenvalue weighted by atomic mass is 32.2. The maximum Gasteiger partial charge on any atom is 0.358 e. The molecule has 0 aliphatic carbocycles. The van der Waals surface area contributed by atoms with Crippen molar-refractivity contribution in [2.24, 2.45) is 7.05 Å². The molecule has 8 nitrogen and oxygen atoms in total. The lowest BCUT2D eigenvalue weighted by Gasteiger charge is -2.06. The molecule has 0 saturated carbocycles. The molecule has 2 aromatic rings. The Labute approximate surface area is 125 Å². The van der Waals surface area contributed by atoms with E-state index in [4.69, 9.17) is 0 Å². The van der Waals surface area contributed by atoms with Crippen molar-refractivity contribution in [3.05, 3.63) is 23.1 Å². The summed E-state index contributed by atoms with van der Waals surface area (Å²) in [6.07, 6.45) is 2.14. The molecule has 0 unspecified atom stereocenters. The Balaban J connectivity index is 2.39. The second-order valence-corrected chi connectivity index (χ2v) is 6.83. The molecule has 114 valence electrons. The molecule has 1 N–H and O–H groups in total. The van der Waals surface area contributed by atoms with Crippen LogP contribution in [0.1, 0.15) is 23.1 Å². The lowest BCUT2D eigenvalue weighted by molar-refractivity contribution is 0.0590. The van der Waals surface area contributed by atoms with Gasteiger partial charge in [0.05, 0.1) is 24.0 Å². The molecule has 21 heavy (non-hydrogen) atoms. The van der Waals surface area contributed by atoms with E-state index < -0.39 is 16.0 Å². The van der Waals surface area contributed by atoms with Crippen LogP contribution >= 0.6 is 11.3 Å². The van der Waals surface area contributed by atoms with Gasteiger partial charge < -0.3 is 4.74 Å². The van der Waals surface area contributed by atoms with Gasteiger partial charge in [0.25, 0.3) is 10.0 Å².